The SMILES string of the molecule is CCOc1ccc(OCC)c(OCC)c1CCC(CC)CC(CN)C(=O)O. The second-order valence-electron chi connectivity index (χ2n) is 6.49. The van der Waals surface area contributed by atoms with Gasteiger partial charge in [0, 0.05) is 12.1 Å². The van der Waals surface area contributed by atoms with Crippen LogP contribution in [0, 0.1) is 11.8 Å². The van der Waals surface area contributed by atoms with Crippen molar-refractivity contribution >= 4 is 5.97 Å². The zero-order valence-corrected chi connectivity index (χ0v) is 17.1. The van der Waals surface area contributed by atoms with Crippen LogP contribution in [0.15, 0.2) is 12.1 Å². The molecule has 0 saturated heterocycles. The number of carbonyl (C=O) groups is 1. The Morgan fingerprint density at radius 2 is 1.63 bits per heavy atom. The molecule has 2 unspecified atom stereocenters. The molecule has 0 spiro atoms. The summed E-state index contributed by atoms with van der Waals surface area (Å²) in [5.74, 6) is 1.20. The van der Waals surface area contributed by atoms with E-state index < -0.39 is 11.9 Å². The van der Waals surface area contributed by atoms with E-state index in [-0.39, 0.29) is 12.5 Å². The van der Waals surface area contributed by atoms with Gasteiger partial charge in [-0.15, -0.1) is 0 Å². The second kappa shape index (κ2) is 12.4. The van der Waals surface area contributed by atoms with Crippen LogP contribution in [-0.2, 0) is 11.2 Å². The maximum absolute atomic E-state index is 11.3. The van der Waals surface area contributed by atoms with Gasteiger partial charge in [-0.25, -0.2) is 0 Å². The number of nitrogens with two attached hydrogens (primary N) is 1. The van der Waals surface area contributed by atoms with Gasteiger partial charge in [0.15, 0.2) is 11.5 Å². The number of benzene rings is 1. The third-order valence-electron chi connectivity index (χ3n) is 4.70. The van der Waals surface area contributed by atoms with Crippen molar-refractivity contribution in [2.75, 3.05) is 26.4 Å². The minimum atomic E-state index is -0.820. The summed E-state index contributed by atoms with van der Waals surface area (Å²) in [5.41, 5.74) is 6.62. The van der Waals surface area contributed by atoms with Crippen molar-refractivity contribution in [1.82, 2.24) is 0 Å². The molecule has 0 aliphatic heterocycles. The average molecular weight is 382 g/mol. The fraction of sp³-hybridized carbons (Fsp3) is 0.667. The van der Waals surface area contributed by atoms with Gasteiger partial charge in [-0.3, -0.25) is 4.79 Å². The number of aliphatic carboxylic acids is 1. The molecule has 6 nitrogen and oxygen atoms in total. The van der Waals surface area contributed by atoms with Gasteiger partial charge in [-0.05, 0) is 58.1 Å². The molecule has 1 aromatic rings. The monoisotopic (exact) mass is 381 g/mol. The highest BCUT2D eigenvalue weighted by Gasteiger charge is 2.22. The molecule has 1 aromatic carbocycles. The molecule has 27 heavy (non-hydrogen) atoms. The van der Waals surface area contributed by atoms with Crippen molar-refractivity contribution in [2.24, 2.45) is 17.6 Å². The van der Waals surface area contributed by atoms with Crippen molar-refractivity contribution in [3.8, 4) is 17.2 Å². The topological polar surface area (TPSA) is 91.0 Å². The summed E-state index contributed by atoms with van der Waals surface area (Å²) in [6.45, 7) is 9.75. The summed E-state index contributed by atoms with van der Waals surface area (Å²) in [7, 11) is 0. The highest BCUT2D eigenvalue weighted by atomic mass is 16.5. The smallest absolute Gasteiger partial charge is 0.307 e. The fourth-order valence-electron chi connectivity index (χ4n) is 3.22. The minimum Gasteiger partial charge on any atom is -0.493 e. The van der Waals surface area contributed by atoms with E-state index in [0.29, 0.717) is 26.2 Å². The molecule has 0 bridgehead atoms. The summed E-state index contributed by atoms with van der Waals surface area (Å²) in [4.78, 5) is 11.3. The number of carboxylic acid groups (broad SMARTS) is 1. The van der Waals surface area contributed by atoms with Crippen LogP contribution < -0.4 is 19.9 Å². The quantitative estimate of drug-likeness (QED) is 0.508. The molecule has 2 atom stereocenters. The predicted molar refractivity (Wildman–Crippen MR) is 107 cm³/mol. The Kier molecular flexibility index (Phi) is 10.6. The van der Waals surface area contributed by atoms with Gasteiger partial charge in [0.1, 0.15) is 5.75 Å². The van der Waals surface area contributed by atoms with Crippen molar-refractivity contribution < 1.29 is 24.1 Å². The number of rotatable bonds is 14. The van der Waals surface area contributed by atoms with E-state index >= 15 is 0 Å². The molecule has 0 aliphatic rings. The van der Waals surface area contributed by atoms with Crippen LogP contribution in [0.1, 0.15) is 52.5 Å². The molecular formula is C21H35NO5. The number of ether oxygens (including phenoxy) is 3. The van der Waals surface area contributed by atoms with Crippen molar-refractivity contribution in [1.29, 1.82) is 0 Å². The number of hydrogen-bond acceptors (Lipinski definition) is 5. The van der Waals surface area contributed by atoms with Crippen LogP contribution in [0.25, 0.3) is 0 Å². The first-order valence-corrected chi connectivity index (χ1v) is 9.99. The summed E-state index contributed by atoms with van der Waals surface area (Å²) >= 11 is 0. The van der Waals surface area contributed by atoms with Crippen molar-refractivity contribution in [3.05, 3.63) is 17.7 Å². The summed E-state index contributed by atoms with van der Waals surface area (Å²) in [6.07, 6.45) is 3.07. The largest absolute Gasteiger partial charge is 0.493 e. The first-order valence-electron chi connectivity index (χ1n) is 9.99. The highest BCUT2D eigenvalue weighted by Crippen LogP contribution is 2.39. The molecule has 0 saturated carbocycles. The van der Waals surface area contributed by atoms with E-state index in [1.54, 1.807) is 0 Å². The van der Waals surface area contributed by atoms with Crippen molar-refractivity contribution in [2.45, 2.75) is 53.4 Å². The van der Waals surface area contributed by atoms with Crippen LogP contribution in [0.3, 0.4) is 0 Å². The molecule has 3 N–H and O–H groups in total. The molecule has 154 valence electrons. The standard InChI is InChI=1S/C21H35NO5/c1-5-15(13-16(14-22)21(23)24)9-10-17-18(25-6-2)11-12-19(26-7-3)20(17)27-8-4/h11-12,15-16H,5-10,13-14,22H2,1-4H3,(H,23,24). The van der Waals surface area contributed by atoms with Gasteiger partial charge in [0.05, 0.1) is 25.7 Å². The van der Waals surface area contributed by atoms with Crippen LogP contribution in [0.4, 0.5) is 0 Å². The Morgan fingerprint density at radius 1 is 1.04 bits per heavy atom. The fourth-order valence-corrected chi connectivity index (χ4v) is 3.22. The highest BCUT2D eigenvalue weighted by molar-refractivity contribution is 5.70. The molecule has 0 aromatic heterocycles. The number of hydrogen-bond donors (Lipinski definition) is 2. The third kappa shape index (κ3) is 6.94. The van der Waals surface area contributed by atoms with Crippen molar-refractivity contribution in [3.63, 3.8) is 0 Å². The number of carboxylic acids is 1. The van der Waals surface area contributed by atoms with Gasteiger partial charge in [-0.1, -0.05) is 13.3 Å². The maximum Gasteiger partial charge on any atom is 0.307 e. The Balaban J connectivity index is 3.06. The Bertz CT molecular complexity index is 576. The zero-order valence-electron chi connectivity index (χ0n) is 17.1. The Hall–Kier alpha value is -1.95. The van der Waals surface area contributed by atoms with Gasteiger partial charge < -0.3 is 25.1 Å². The van der Waals surface area contributed by atoms with Gasteiger partial charge in [-0.2, -0.15) is 0 Å². The lowest BCUT2D eigenvalue weighted by Crippen LogP contribution is -2.26. The Morgan fingerprint density at radius 3 is 2.15 bits per heavy atom. The first-order chi connectivity index (χ1) is 13.0. The van der Waals surface area contributed by atoms with Crippen LogP contribution in [-0.4, -0.2) is 37.4 Å². The predicted octanol–water partition coefficient (Wildman–Crippen LogP) is 3.89. The summed E-state index contributed by atoms with van der Waals surface area (Å²) in [5, 5.41) is 9.29. The van der Waals surface area contributed by atoms with Crippen LogP contribution >= 0.6 is 0 Å². The lowest BCUT2D eigenvalue weighted by Gasteiger charge is -2.22. The molecule has 0 heterocycles. The normalized spacial score (nSPS) is 13.1. The third-order valence-corrected chi connectivity index (χ3v) is 4.70. The molecule has 0 fully saturated rings. The first kappa shape index (κ1) is 23.1. The maximum atomic E-state index is 11.3. The van der Waals surface area contributed by atoms with Gasteiger partial charge in [0.25, 0.3) is 0 Å². The second-order valence-corrected chi connectivity index (χ2v) is 6.49. The van der Waals surface area contributed by atoms with Gasteiger partial charge >= 0.3 is 5.97 Å². The summed E-state index contributed by atoms with van der Waals surface area (Å²) < 4.78 is 17.4. The van der Waals surface area contributed by atoms with Crippen LogP contribution in [0.5, 0.6) is 17.2 Å². The van der Waals surface area contributed by atoms with E-state index in [1.807, 2.05) is 32.9 Å². The van der Waals surface area contributed by atoms with E-state index in [2.05, 4.69) is 6.92 Å². The average Bonchev–Trinajstić information content (AvgIpc) is 2.65. The molecule has 0 radical (unpaired) electrons. The van der Waals surface area contributed by atoms with Gasteiger partial charge in [0.2, 0.25) is 0 Å². The molecule has 1 rings (SSSR count). The molecule has 6 heteroatoms. The lowest BCUT2D eigenvalue weighted by molar-refractivity contribution is -0.142. The Labute approximate surface area is 163 Å². The van der Waals surface area contributed by atoms with E-state index in [4.69, 9.17) is 19.9 Å². The van der Waals surface area contributed by atoms with E-state index in [1.165, 1.54) is 0 Å². The molecule has 0 amide bonds. The molecule has 0 aliphatic carbocycles. The summed E-state index contributed by atoms with van der Waals surface area (Å²) in [6, 6.07) is 3.81. The molecular weight excluding hydrogens is 346 g/mol. The van der Waals surface area contributed by atoms with Crippen LogP contribution in [0.2, 0.25) is 0 Å². The minimum absolute atomic E-state index is 0.167. The lowest BCUT2D eigenvalue weighted by atomic mass is 9.87. The zero-order chi connectivity index (χ0) is 20.2. The van der Waals surface area contributed by atoms with E-state index in [9.17, 15) is 9.90 Å². The van der Waals surface area contributed by atoms with E-state index in [0.717, 1.165) is 42.1 Å².